The summed E-state index contributed by atoms with van der Waals surface area (Å²) in [5.41, 5.74) is 0.753. The molecule has 0 spiro atoms. The monoisotopic (exact) mass is 277 g/mol. The third-order valence-corrected chi connectivity index (χ3v) is 3.16. The Morgan fingerprint density at radius 1 is 1.15 bits per heavy atom. The lowest BCUT2D eigenvalue weighted by molar-refractivity contribution is 0.0892. The van der Waals surface area contributed by atoms with E-state index < -0.39 is 0 Å². The number of ether oxygens (including phenoxy) is 1. The van der Waals surface area contributed by atoms with Crippen molar-refractivity contribution in [2.24, 2.45) is 5.92 Å². The first-order chi connectivity index (χ1) is 9.43. The Balaban J connectivity index is 2.68. The standard InChI is InChI=1S/C17H27NO2/c1-6-20-16-9-7-15(8-10-16)17(19)12-18(14(4)5)11-13(2)3/h7-10,13-14H,6,11-12H2,1-5H3. The SMILES string of the molecule is CCOc1ccc(C(=O)CN(CC(C)C)C(C)C)cc1. The number of ketones is 1. The predicted molar refractivity (Wildman–Crippen MR) is 83.5 cm³/mol. The van der Waals surface area contributed by atoms with Crippen molar-refractivity contribution < 1.29 is 9.53 Å². The largest absolute Gasteiger partial charge is 0.494 e. The number of hydrogen-bond acceptors (Lipinski definition) is 3. The maximum atomic E-state index is 12.3. The molecule has 0 saturated heterocycles. The molecule has 1 rings (SSSR count). The van der Waals surface area contributed by atoms with Crippen molar-refractivity contribution in [1.29, 1.82) is 0 Å². The second-order valence-electron chi connectivity index (χ2n) is 5.80. The third kappa shape index (κ3) is 5.33. The van der Waals surface area contributed by atoms with E-state index >= 15 is 0 Å². The molecule has 0 heterocycles. The summed E-state index contributed by atoms with van der Waals surface area (Å²) >= 11 is 0. The Morgan fingerprint density at radius 3 is 2.20 bits per heavy atom. The highest BCUT2D eigenvalue weighted by Gasteiger charge is 2.16. The molecule has 0 saturated carbocycles. The van der Waals surface area contributed by atoms with Gasteiger partial charge < -0.3 is 4.74 Å². The molecule has 1 aromatic carbocycles. The van der Waals surface area contributed by atoms with Gasteiger partial charge in [-0.05, 0) is 51.0 Å². The van der Waals surface area contributed by atoms with Gasteiger partial charge in [0, 0.05) is 18.2 Å². The fourth-order valence-electron chi connectivity index (χ4n) is 2.11. The smallest absolute Gasteiger partial charge is 0.176 e. The Bertz CT molecular complexity index is 410. The summed E-state index contributed by atoms with van der Waals surface area (Å²) in [6, 6.07) is 7.80. The summed E-state index contributed by atoms with van der Waals surface area (Å²) in [5.74, 6) is 1.54. The fourth-order valence-corrected chi connectivity index (χ4v) is 2.11. The summed E-state index contributed by atoms with van der Waals surface area (Å²) < 4.78 is 5.39. The number of benzene rings is 1. The van der Waals surface area contributed by atoms with Gasteiger partial charge in [0.15, 0.2) is 5.78 Å². The van der Waals surface area contributed by atoms with Crippen LogP contribution >= 0.6 is 0 Å². The van der Waals surface area contributed by atoms with E-state index in [9.17, 15) is 4.79 Å². The van der Waals surface area contributed by atoms with E-state index in [2.05, 4.69) is 32.6 Å². The number of carbonyl (C=O) groups is 1. The Morgan fingerprint density at radius 2 is 1.75 bits per heavy atom. The van der Waals surface area contributed by atoms with Crippen molar-refractivity contribution in [3.63, 3.8) is 0 Å². The van der Waals surface area contributed by atoms with E-state index in [-0.39, 0.29) is 5.78 Å². The fraction of sp³-hybridized carbons (Fsp3) is 0.588. The molecule has 3 nitrogen and oxygen atoms in total. The van der Waals surface area contributed by atoms with Crippen molar-refractivity contribution in [1.82, 2.24) is 4.90 Å². The molecule has 0 N–H and O–H groups in total. The molecule has 0 bridgehead atoms. The van der Waals surface area contributed by atoms with E-state index in [1.165, 1.54) is 0 Å². The molecule has 0 radical (unpaired) electrons. The Hall–Kier alpha value is -1.35. The summed E-state index contributed by atoms with van der Waals surface area (Å²) in [6.07, 6.45) is 0. The minimum absolute atomic E-state index is 0.169. The zero-order chi connectivity index (χ0) is 15.1. The van der Waals surface area contributed by atoms with Crippen molar-refractivity contribution in [3.05, 3.63) is 29.8 Å². The van der Waals surface area contributed by atoms with E-state index in [1.807, 2.05) is 31.2 Å². The van der Waals surface area contributed by atoms with E-state index in [4.69, 9.17) is 4.74 Å². The lowest BCUT2D eigenvalue weighted by Gasteiger charge is -2.27. The highest BCUT2D eigenvalue weighted by molar-refractivity contribution is 5.97. The summed E-state index contributed by atoms with van der Waals surface area (Å²) in [7, 11) is 0. The predicted octanol–water partition coefficient (Wildman–Crippen LogP) is 3.63. The molecule has 20 heavy (non-hydrogen) atoms. The molecule has 0 amide bonds. The number of hydrogen-bond donors (Lipinski definition) is 0. The van der Waals surface area contributed by atoms with Crippen LogP contribution in [0.4, 0.5) is 0 Å². The van der Waals surface area contributed by atoms with Crippen LogP contribution in [0.5, 0.6) is 5.75 Å². The first-order valence-corrected chi connectivity index (χ1v) is 7.44. The lowest BCUT2D eigenvalue weighted by Crippen LogP contribution is -2.38. The zero-order valence-electron chi connectivity index (χ0n) is 13.3. The lowest BCUT2D eigenvalue weighted by atomic mass is 10.1. The second kappa shape index (κ2) is 8.05. The molecule has 0 aliphatic heterocycles. The number of Topliss-reactive ketones (excluding diaryl/α,β-unsaturated/α-hetero) is 1. The Kier molecular flexibility index (Phi) is 6.73. The quantitative estimate of drug-likeness (QED) is 0.679. The Labute approximate surface area is 122 Å². The van der Waals surface area contributed by atoms with Crippen LogP contribution in [0, 0.1) is 5.92 Å². The molecule has 0 aromatic heterocycles. The van der Waals surface area contributed by atoms with Gasteiger partial charge >= 0.3 is 0 Å². The molecule has 0 aliphatic carbocycles. The number of nitrogens with zero attached hydrogens (tertiary/aromatic N) is 1. The third-order valence-electron chi connectivity index (χ3n) is 3.16. The van der Waals surface area contributed by atoms with Gasteiger partial charge in [-0.25, -0.2) is 0 Å². The molecule has 0 fully saturated rings. The maximum Gasteiger partial charge on any atom is 0.176 e. The van der Waals surface area contributed by atoms with Crippen LogP contribution in [-0.4, -0.2) is 36.4 Å². The summed E-state index contributed by atoms with van der Waals surface area (Å²) in [6.45, 7) is 12.6. The average molecular weight is 277 g/mol. The molecular weight excluding hydrogens is 250 g/mol. The van der Waals surface area contributed by atoms with Gasteiger partial charge in [0.2, 0.25) is 0 Å². The van der Waals surface area contributed by atoms with Crippen molar-refractivity contribution in [2.75, 3.05) is 19.7 Å². The van der Waals surface area contributed by atoms with E-state index in [1.54, 1.807) is 0 Å². The normalized spacial score (nSPS) is 11.4. The van der Waals surface area contributed by atoms with Crippen LogP contribution in [0.1, 0.15) is 45.0 Å². The van der Waals surface area contributed by atoms with Crippen LogP contribution in [-0.2, 0) is 0 Å². The zero-order valence-corrected chi connectivity index (χ0v) is 13.3. The van der Waals surface area contributed by atoms with Gasteiger partial charge in [0.1, 0.15) is 5.75 Å². The minimum atomic E-state index is 0.169. The van der Waals surface area contributed by atoms with Crippen LogP contribution in [0.25, 0.3) is 0 Å². The van der Waals surface area contributed by atoms with Gasteiger partial charge in [-0.15, -0.1) is 0 Å². The van der Waals surface area contributed by atoms with E-state index in [0.717, 1.165) is 17.9 Å². The molecule has 0 aliphatic rings. The van der Waals surface area contributed by atoms with Gasteiger partial charge in [0.25, 0.3) is 0 Å². The molecule has 0 atom stereocenters. The van der Waals surface area contributed by atoms with Gasteiger partial charge in [-0.1, -0.05) is 13.8 Å². The summed E-state index contributed by atoms with van der Waals surface area (Å²) in [5, 5.41) is 0. The molecular formula is C17H27NO2. The number of carbonyl (C=O) groups excluding carboxylic acids is 1. The maximum absolute atomic E-state index is 12.3. The van der Waals surface area contributed by atoms with Crippen LogP contribution in [0.2, 0.25) is 0 Å². The van der Waals surface area contributed by atoms with Crippen LogP contribution < -0.4 is 4.74 Å². The molecule has 0 unspecified atom stereocenters. The van der Waals surface area contributed by atoms with Crippen molar-refractivity contribution in [3.8, 4) is 5.75 Å². The first-order valence-electron chi connectivity index (χ1n) is 7.44. The average Bonchev–Trinajstić information content (AvgIpc) is 2.38. The van der Waals surface area contributed by atoms with Gasteiger partial charge in [-0.3, -0.25) is 9.69 Å². The molecule has 3 heteroatoms. The van der Waals surface area contributed by atoms with Gasteiger partial charge in [0.05, 0.1) is 13.2 Å². The highest BCUT2D eigenvalue weighted by Crippen LogP contribution is 2.14. The summed E-state index contributed by atoms with van der Waals surface area (Å²) in [4.78, 5) is 14.6. The van der Waals surface area contributed by atoms with Crippen molar-refractivity contribution >= 4 is 5.78 Å². The minimum Gasteiger partial charge on any atom is -0.494 e. The topological polar surface area (TPSA) is 29.5 Å². The van der Waals surface area contributed by atoms with Crippen LogP contribution in [0.15, 0.2) is 24.3 Å². The van der Waals surface area contributed by atoms with Crippen molar-refractivity contribution in [2.45, 2.75) is 40.7 Å². The van der Waals surface area contributed by atoms with E-state index in [0.29, 0.717) is 25.1 Å². The number of rotatable bonds is 8. The van der Waals surface area contributed by atoms with Crippen LogP contribution in [0.3, 0.4) is 0 Å². The molecule has 112 valence electrons. The second-order valence-corrected chi connectivity index (χ2v) is 5.80. The molecule has 1 aromatic rings. The highest BCUT2D eigenvalue weighted by atomic mass is 16.5. The first kappa shape index (κ1) is 16.7. The van der Waals surface area contributed by atoms with Gasteiger partial charge in [-0.2, -0.15) is 0 Å².